The summed E-state index contributed by atoms with van der Waals surface area (Å²) in [5.74, 6) is -3.20. The zero-order chi connectivity index (χ0) is 78.5. The van der Waals surface area contributed by atoms with Crippen LogP contribution in [0.2, 0.25) is 0 Å². The van der Waals surface area contributed by atoms with E-state index in [4.69, 9.17) is 19.9 Å². The molecule has 2 unspecified atom stereocenters. The molecule has 10 aromatic rings. The summed E-state index contributed by atoms with van der Waals surface area (Å²) in [5, 5.41) is 14.6. The Balaban J connectivity index is 0.000000143. The average molecular weight is 1540 g/mol. The molecule has 584 valence electrons. The quantitative estimate of drug-likeness (QED) is 0.0808. The van der Waals surface area contributed by atoms with Gasteiger partial charge in [0.1, 0.15) is 41.2 Å². The number of anilines is 5. The molecule has 6 fully saturated rings. The number of hydrogen-bond acceptors (Lipinski definition) is 20. The monoisotopic (exact) mass is 1530 g/mol. The molecule has 0 aliphatic carbocycles. The van der Waals surface area contributed by atoms with Crippen LogP contribution in [0.1, 0.15) is 106 Å². The van der Waals surface area contributed by atoms with E-state index in [0.717, 1.165) is 157 Å². The number of pyridine rings is 4. The number of hydrogen-bond donors (Lipinski definition) is 3. The molecule has 14 heterocycles. The van der Waals surface area contributed by atoms with E-state index >= 15 is 4.39 Å². The number of carbonyl (C=O) groups excluding carboxylic acids is 8. The lowest BCUT2D eigenvalue weighted by molar-refractivity contribution is -0.137. The third-order valence-electron chi connectivity index (χ3n) is 23.5. The van der Waals surface area contributed by atoms with Gasteiger partial charge in [0.25, 0.3) is 23.6 Å². The molecule has 29 heteroatoms. The Bertz CT molecular complexity index is 5390. The van der Waals surface area contributed by atoms with Crippen molar-refractivity contribution in [3.63, 3.8) is 0 Å². The zero-order valence-electron chi connectivity index (χ0n) is 63.6. The van der Waals surface area contributed by atoms with Crippen molar-refractivity contribution in [2.75, 3.05) is 144 Å². The first-order valence-electron chi connectivity index (χ1n) is 38.9. The molecule has 4 aromatic carbocycles. The number of fused-ring (bicyclic) bond motifs is 6. The van der Waals surface area contributed by atoms with E-state index in [9.17, 15) is 47.1 Å². The highest BCUT2D eigenvalue weighted by Crippen LogP contribution is 2.38. The lowest BCUT2D eigenvalue weighted by Crippen LogP contribution is -2.54. The van der Waals surface area contributed by atoms with Gasteiger partial charge in [-0.3, -0.25) is 72.8 Å². The van der Waals surface area contributed by atoms with E-state index in [1.54, 1.807) is 0 Å². The van der Waals surface area contributed by atoms with Crippen LogP contribution in [-0.4, -0.2) is 228 Å². The molecule has 8 aliphatic rings. The number of piperazine rings is 2. The number of nitrogens with one attached hydrogen (secondary N) is 3. The summed E-state index contributed by atoms with van der Waals surface area (Å²) in [6.45, 7) is 13.7. The van der Waals surface area contributed by atoms with Crippen molar-refractivity contribution < 1.29 is 51.5 Å². The van der Waals surface area contributed by atoms with E-state index in [2.05, 4.69) is 163 Å². The predicted molar refractivity (Wildman–Crippen MR) is 425 cm³/mol. The molecule has 2 atom stereocenters. The first kappa shape index (κ1) is 75.4. The van der Waals surface area contributed by atoms with Gasteiger partial charge in [-0.1, -0.05) is 24.3 Å². The van der Waals surface area contributed by atoms with Crippen molar-refractivity contribution in [1.82, 2.24) is 64.6 Å². The van der Waals surface area contributed by atoms with Gasteiger partial charge in [-0.05, 0) is 149 Å². The number of aromatic nitrogens is 6. The van der Waals surface area contributed by atoms with Gasteiger partial charge in [-0.25, -0.2) is 33.1 Å². The fourth-order valence-corrected chi connectivity index (χ4v) is 17.1. The number of imide groups is 4. The number of nitrogens with zero attached hydrogens (tertiary/aromatic N) is 15. The Morgan fingerprint density at radius 1 is 0.416 bits per heavy atom. The fraction of sp³-hybridized carbons (Fsp3) is 0.381. The second kappa shape index (κ2) is 31.8. The Hall–Kier alpha value is -11.7. The van der Waals surface area contributed by atoms with Gasteiger partial charge in [0.2, 0.25) is 23.6 Å². The van der Waals surface area contributed by atoms with Gasteiger partial charge in [-0.15, -0.1) is 0 Å². The Morgan fingerprint density at radius 2 is 0.823 bits per heavy atom. The van der Waals surface area contributed by atoms with Crippen LogP contribution >= 0.6 is 0 Å². The standard InChI is InChI=1S/C42H44FN9O4.C29H37N7.C13H8F2N2O4/c1-47(2)33-5-3-4-28-24-44-38(23-29(28)33)51-15-11-27-20-37(45-25-36(27)51)50-13-9-26(10-14-50)8-12-48-16-18-49(19-17-48)35-22-31-30(21-32(35)43)41(55)52(42(31)56)34-6-7-39(53)46-40(34)54;1-33(2)26-5-3-4-24-20-31-29(19-25(24)26)36-15-9-23-18-28(32-21-27(23)36)35-13-7-22(8-14-35)6-12-34-16-10-30-11-17-34;14-7-3-5-6(4-8(7)15)13(21)17(12(5)20)9-1-2-10(18)16-11(9)19/h3-5,11,15,20-26,34H,6-10,12-14,16-19H2,1-2H3,(H,46,53,54);3-5,9,15,18-22,30H,6-8,10-14,16-17H2,1-2H3;3-4,9H,1-2H2,(H,16,18,19). The van der Waals surface area contributed by atoms with E-state index in [1.807, 2.05) is 35.0 Å². The molecule has 0 spiro atoms. The largest absolute Gasteiger partial charge is 0.377 e. The normalized spacial score (nSPS) is 19.4. The summed E-state index contributed by atoms with van der Waals surface area (Å²) in [6, 6.07) is 27.3. The summed E-state index contributed by atoms with van der Waals surface area (Å²) in [6.07, 6.45) is 19.3. The molecule has 8 amide bonds. The number of amides is 8. The Kier molecular flexibility index (Phi) is 21.2. The lowest BCUT2D eigenvalue weighted by Gasteiger charge is -2.38. The minimum atomic E-state index is -1.25. The molecular weight excluding hydrogens is 1450 g/mol. The van der Waals surface area contributed by atoms with Gasteiger partial charge in [0.15, 0.2) is 11.6 Å². The highest BCUT2D eigenvalue weighted by Gasteiger charge is 2.47. The minimum Gasteiger partial charge on any atom is -0.377 e. The second-order valence-electron chi connectivity index (χ2n) is 30.9. The van der Waals surface area contributed by atoms with E-state index < -0.39 is 76.8 Å². The van der Waals surface area contributed by atoms with Crippen molar-refractivity contribution in [3.05, 3.63) is 174 Å². The molecule has 18 rings (SSSR count). The smallest absolute Gasteiger partial charge is 0.262 e. The molecule has 113 heavy (non-hydrogen) atoms. The number of carbonyl (C=O) groups is 8. The number of benzene rings is 4. The van der Waals surface area contributed by atoms with Gasteiger partial charge in [-0.2, -0.15) is 0 Å². The maximum Gasteiger partial charge on any atom is 0.262 e. The average Bonchev–Trinajstić information content (AvgIpc) is 1.60. The molecule has 26 nitrogen and oxygen atoms in total. The Morgan fingerprint density at radius 3 is 1.25 bits per heavy atom. The van der Waals surface area contributed by atoms with Crippen molar-refractivity contribution in [3.8, 4) is 11.6 Å². The van der Waals surface area contributed by atoms with Crippen LogP contribution in [0.3, 0.4) is 0 Å². The molecule has 0 saturated carbocycles. The van der Waals surface area contributed by atoms with Crippen molar-refractivity contribution in [2.24, 2.45) is 11.8 Å². The van der Waals surface area contributed by atoms with Gasteiger partial charge < -0.3 is 34.7 Å². The second-order valence-corrected chi connectivity index (χ2v) is 30.9. The van der Waals surface area contributed by atoms with Crippen molar-refractivity contribution in [2.45, 2.75) is 76.3 Å². The first-order chi connectivity index (χ1) is 54.7. The fourth-order valence-electron chi connectivity index (χ4n) is 17.1. The van der Waals surface area contributed by atoms with E-state index in [1.165, 1.54) is 61.4 Å². The third-order valence-corrected chi connectivity index (χ3v) is 23.5. The van der Waals surface area contributed by atoms with Crippen LogP contribution in [0.5, 0.6) is 0 Å². The SMILES string of the molecule is CN(C)c1cccc2cnc(-n3ccc4cc(N5CCC(CCN6CCN(c7cc8c(cc7F)C(=O)N(C7CCC(=O)NC7=O)C8=O)CC6)CC5)ncc43)cc12.CN(C)c1cccc2cnc(-n3ccc4cc(N5CCC(CCN6CCNCC6)CC5)ncc43)cc12.O=C1CCC(N2C(=O)c3cc(F)c(F)cc3C2=O)C(=O)N1. The lowest BCUT2D eigenvalue weighted by atomic mass is 9.93. The number of piperidine rings is 4. The Labute approximate surface area is 650 Å². The zero-order valence-corrected chi connectivity index (χ0v) is 63.6. The van der Waals surface area contributed by atoms with Crippen LogP contribution in [0.15, 0.2) is 134 Å². The molecule has 3 N–H and O–H groups in total. The van der Waals surface area contributed by atoms with E-state index in [0.29, 0.717) is 36.0 Å². The van der Waals surface area contributed by atoms with Crippen LogP contribution in [-0.2, 0) is 19.2 Å². The third kappa shape index (κ3) is 15.2. The highest BCUT2D eigenvalue weighted by molar-refractivity contribution is 6.25. The molecule has 0 radical (unpaired) electrons. The summed E-state index contributed by atoms with van der Waals surface area (Å²) in [5.41, 5.74) is 4.23. The maximum absolute atomic E-state index is 15.4. The minimum absolute atomic E-state index is 0.0128. The van der Waals surface area contributed by atoms with Crippen LogP contribution in [0.25, 0.3) is 55.0 Å². The van der Waals surface area contributed by atoms with E-state index in [-0.39, 0.29) is 53.6 Å². The molecule has 8 aliphatic heterocycles. The summed E-state index contributed by atoms with van der Waals surface area (Å²) < 4.78 is 46.1. The van der Waals surface area contributed by atoms with Crippen molar-refractivity contribution in [1.29, 1.82) is 0 Å². The summed E-state index contributed by atoms with van der Waals surface area (Å²) in [7, 11) is 8.28. The number of rotatable bonds is 15. The molecular formula is C84H89F3N18O8. The highest BCUT2D eigenvalue weighted by atomic mass is 19.2. The van der Waals surface area contributed by atoms with Crippen LogP contribution < -0.4 is 40.4 Å². The predicted octanol–water partition coefficient (Wildman–Crippen LogP) is 9.13. The van der Waals surface area contributed by atoms with Crippen molar-refractivity contribution >= 4 is 119 Å². The first-order valence-corrected chi connectivity index (χ1v) is 38.9. The van der Waals surface area contributed by atoms with Gasteiger partial charge in [0.05, 0.1) is 51.4 Å². The maximum atomic E-state index is 15.4. The molecule has 6 aromatic heterocycles. The number of halogens is 3. The van der Waals surface area contributed by atoms with Gasteiger partial charge in [0, 0.05) is 188 Å². The summed E-state index contributed by atoms with van der Waals surface area (Å²) >= 11 is 0. The van der Waals surface area contributed by atoms with Crippen LogP contribution in [0, 0.1) is 29.3 Å². The molecule has 0 bridgehead atoms. The van der Waals surface area contributed by atoms with Crippen LogP contribution in [0.4, 0.5) is 41.9 Å². The topological polar surface area (TPSA) is 263 Å². The summed E-state index contributed by atoms with van der Waals surface area (Å²) in [4.78, 5) is 135. The molecule has 6 saturated heterocycles. The van der Waals surface area contributed by atoms with Gasteiger partial charge >= 0.3 is 0 Å².